The predicted octanol–water partition coefficient (Wildman–Crippen LogP) is 0.771. The lowest BCUT2D eigenvalue weighted by Crippen LogP contribution is -2.35. The van der Waals surface area contributed by atoms with Crippen LogP contribution < -0.4 is 10.1 Å². The highest BCUT2D eigenvalue weighted by atomic mass is 16.7. The normalized spacial score (nSPS) is 20.4. The lowest BCUT2D eigenvalue weighted by atomic mass is 10.2. The number of nitrogens with one attached hydrogen (secondary N) is 1. The summed E-state index contributed by atoms with van der Waals surface area (Å²) in [6, 6.07) is 7.33. The molecule has 74 valence electrons. The smallest absolute Gasteiger partial charge is 0.366 e. The number of rotatable bonds is 1. The number of hydrogen-bond donors (Lipinski definition) is 1. The van der Waals surface area contributed by atoms with Crippen molar-refractivity contribution >= 4 is 0 Å². The fourth-order valence-electron chi connectivity index (χ4n) is 1.40. The van der Waals surface area contributed by atoms with E-state index in [9.17, 15) is 10.1 Å². The van der Waals surface area contributed by atoms with E-state index in [1.807, 2.05) is 12.1 Å². The minimum absolute atomic E-state index is 0.238. The Balaban J connectivity index is 2.26. The maximum atomic E-state index is 10.6. The van der Waals surface area contributed by atoms with Gasteiger partial charge in [-0.2, -0.15) is 0 Å². The van der Waals surface area contributed by atoms with E-state index in [-0.39, 0.29) is 6.54 Å². The van der Waals surface area contributed by atoms with E-state index in [1.54, 1.807) is 12.1 Å². The summed E-state index contributed by atoms with van der Waals surface area (Å²) in [7, 11) is 0. The van der Waals surface area contributed by atoms with E-state index in [2.05, 4.69) is 5.32 Å². The molecule has 5 nitrogen and oxygen atoms in total. The number of para-hydroxylation sites is 1. The molecule has 0 saturated heterocycles. The topological polar surface area (TPSA) is 64.4 Å². The molecule has 1 heterocycles. The summed E-state index contributed by atoms with van der Waals surface area (Å²) in [5.74, 6) is 0.596. The highest BCUT2D eigenvalue weighted by Crippen LogP contribution is 2.21. The van der Waals surface area contributed by atoms with Crippen LogP contribution in [0.5, 0.6) is 5.75 Å². The summed E-state index contributed by atoms with van der Waals surface area (Å²) < 4.78 is 5.26. The molecule has 1 atom stereocenters. The van der Waals surface area contributed by atoms with Gasteiger partial charge in [-0.25, -0.2) is 0 Å². The van der Waals surface area contributed by atoms with Crippen LogP contribution in [0.2, 0.25) is 0 Å². The van der Waals surface area contributed by atoms with Gasteiger partial charge in [0.2, 0.25) is 0 Å². The molecule has 1 aliphatic heterocycles. The Morgan fingerprint density at radius 1 is 1.50 bits per heavy atom. The van der Waals surface area contributed by atoms with Crippen LogP contribution in [-0.4, -0.2) is 17.7 Å². The lowest BCUT2D eigenvalue weighted by Gasteiger charge is -2.08. The molecule has 0 bridgehead atoms. The third-order valence-corrected chi connectivity index (χ3v) is 2.11. The second-order valence-corrected chi connectivity index (χ2v) is 3.10. The van der Waals surface area contributed by atoms with Gasteiger partial charge in [0.15, 0.2) is 0 Å². The maximum absolute atomic E-state index is 10.6. The predicted molar refractivity (Wildman–Crippen MR) is 49.6 cm³/mol. The van der Waals surface area contributed by atoms with E-state index in [0.29, 0.717) is 12.3 Å². The van der Waals surface area contributed by atoms with Crippen molar-refractivity contribution in [2.45, 2.75) is 12.8 Å². The molecule has 0 aliphatic carbocycles. The fourth-order valence-corrected chi connectivity index (χ4v) is 1.40. The van der Waals surface area contributed by atoms with Crippen molar-refractivity contribution in [3.63, 3.8) is 0 Å². The van der Waals surface area contributed by atoms with Gasteiger partial charge in [-0.05, 0) is 6.07 Å². The minimum atomic E-state index is -0.987. The van der Waals surface area contributed by atoms with Gasteiger partial charge in [-0.1, -0.05) is 18.2 Å². The first-order valence-electron chi connectivity index (χ1n) is 4.36. The molecule has 5 heteroatoms. The molecule has 1 N–H and O–H groups in total. The average Bonchev–Trinajstić information content (AvgIpc) is 2.39. The van der Waals surface area contributed by atoms with Crippen molar-refractivity contribution in [1.29, 1.82) is 0 Å². The summed E-state index contributed by atoms with van der Waals surface area (Å²) in [5, 5.41) is 13.5. The molecule has 1 aliphatic rings. The summed E-state index contributed by atoms with van der Waals surface area (Å²) in [4.78, 5) is 10.1. The van der Waals surface area contributed by atoms with Gasteiger partial charge in [-0.3, -0.25) is 10.1 Å². The average molecular weight is 194 g/mol. The van der Waals surface area contributed by atoms with Crippen LogP contribution in [0.3, 0.4) is 0 Å². The Bertz CT molecular complexity index is 354. The number of nitrogens with zero attached hydrogens (tertiary/aromatic N) is 1. The molecule has 0 radical (unpaired) electrons. The van der Waals surface area contributed by atoms with E-state index in [0.717, 1.165) is 5.56 Å². The number of benzene rings is 1. The molecule has 1 unspecified atom stereocenters. The van der Waals surface area contributed by atoms with E-state index < -0.39 is 11.2 Å². The first kappa shape index (κ1) is 8.96. The number of fused-ring (bicyclic) bond motifs is 1. The third-order valence-electron chi connectivity index (χ3n) is 2.11. The first-order chi connectivity index (χ1) is 6.77. The lowest BCUT2D eigenvalue weighted by molar-refractivity contribution is -0.559. The van der Waals surface area contributed by atoms with Crippen molar-refractivity contribution in [3.8, 4) is 5.75 Å². The monoisotopic (exact) mass is 194 g/mol. The molecule has 14 heavy (non-hydrogen) atoms. The van der Waals surface area contributed by atoms with Crippen LogP contribution in [0.4, 0.5) is 0 Å². The van der Waals surface area contributed by atoms with Crippen LogP contribution in [0.25, 0.3) is 0 Å². The summed E-state index contributed by atoms with van der Waals surface area (Å²) in [6.45, 7) is 0.849. The molecule has 2 rings (SSSR count). The Morgan fingerprint density at radius 2 is 2.29 bits per heavy atom. The largest absolute Gasteiger partial charge is 0.429 e. The Labute approximate surface area is 80.8 Å². The molecular weight excluding hydrogens is 184 g/mol. The van der Waals surface area contributed by atoms with Gasteiger partial charge in [0, 0.05) is 12.1 Å². The van der Waals surface area contributed by atoms with Crippen LogP contribution >= 0.6 is 0 Å². The standard InChI is InChI=1S/C9H10N2O3/c12-11(13)9-6-10-5-7-3-1-2-4-8(7)14-9/h1-4,9-10H,5-6H2. The molecule has 0 amide bonds. The third kappa shape index (κ3) is 1.67. The Kier molecular flexibility index (Phi) is 2.32. The zero-order valence-electron chi connectivity index (χ0n) is 7.47. The second kappa shape index (κ2) is 3.63. The van der Waals surface area contributed by atoms with Crippen LogP contribution in [0.15, 0.2) is 24.3 Å². The Morgan fingerprint density at radius 3 is 3.07 bits per heavy atom. The van der Waals surface area contributed by atoms with Crippen LogP contribution in [0.1, 0.15) is 5.56 Å². The molecule has 0 saturated carbocycles. The molecule has 1 aromatic rings. The minimum Gasteiger partial charge on any atom is -0.429 e. The zero-order valence-corrected chi connectivity index (χ0v) is 7.47. The first-order valence-corrected chi connectivity index (χ1v) is 4.36. The number of ether oxygens (including phenoxy) is 1. The number of nitro groups is 1. The molecule has 0 spiro atoms. The SMILES string of the molecule is O=[N+]([O-])C1CNCc2ccccc2O1. The zero-order chi connectivity index (χ0) is 9.97. The molecule has 0 aromatic heterocycles. The van der Waals surface area contributed by atoms with Gasteiger partial charge in [0.05, 0.1) is 4.92 Å². The van der Waals surface area contributed by atoms with Crippen molar-refractivity contribution in [2.75, 3.05) is 6.54 Å². The quantitative estimate of drug-likeness (QED) is 0.529. The highest BCUT2D eigenvalue weighted by Gasteiger charge is 2.25. The van der Waals surface area contributed by atoms with Crippen LogP contribution in [-0.2, 0) is 6.54 Å². The van der Waals surface area contributed by atoms with Gasteiger partial charge in [-0.15, -0.1) is 0 Å². The van der Waals surface area contributed by atoms with E-state index in [4.69, 9.17) is 4.74 Å². The van der Waals surface area contributed by atoms with E-state index in [1.165, 1.54) is 0 Å². The fraction of sp³-hybridized carbons (Fsp3) is 0.333. The van der Waals surface area contributed by atoms with Crippen molar-refractivity contribution in [3.05, 3.63) is 39.9 Å². The summed E-state index contributed by atoms with van der Waals surface area (Å²) in [6.07, 6.45) is -0.987. The molecule has 1 aromatic carbocycles. The van der Waals surface area contributed by atoms with Gasteiger partial charge < -0.3 is 10.1 Å². The van der Waals surface area contributed by atoms with Gasteiger partial charge in [0.25, 0.3) is 0 Å². The van der Waals surface area contributed by atoms with Crippen LogP contribution in [0, 0.1) is 10.1 Å². The summed E-state index contributed by atoms with van der Waals surface area (Å²) >= 11 is 0. The van der Waals surface area contributed by atoms with Crippen molar-refractivity contribution < 1.29 is 9.66 Å². The highest BCUT2D eigenvalue weighted by molar-refractivity contribution is 5.33. The van der Waals surface area contributed by atoms with Crippen molar-refractivity contribution in [2.24, 2.45) is 0 Å². The maximum Gasteiger partial charge on any atom is 0.366 e. The molecule has 0 fully saturated rings. The van der Waals surface area contributed by atoms with Crippen molar-refractivity contribution in [1.82, 2.24) is 5.32 Å². The molecular formula is C9H10N2O3. The van der Waals surface area contributed by atoms with Gasteiger partial charge in [0.1, 0.15) is 12.3 Å². The summed E-state index contributed by atoms with van der Waals surface area (Å²) in [5.41, 5.74) is 0.955. The van der Waals surface area contributed by atoms with Gasteiger partial charge >= 0.3 is 6.23 Å². The van der Waals surface area contributed by atoms with E-state index >= 15 is 0 Å². The Hall–Kier alpha value is -1.62. The number of hydrogen-bond acceptors (Lipinski definition) is 4. The second-order valence-electron chi connectivity index (χ2n) is 3.10.